The van der Waals surface area contributed by atoms with E-state index < -0.39 is 0 Å². The van der Waals surface area contributed by atoms with Crippen molar-refractivity contribution in [3.05, 3.63) is 20.8 Å². The summed E-state index contributed by atoms with van der Waals surface area (Å²) >= 11 is 1.46. The van der Waals surface area contributed by atoms with Crippen LogP contribution < -0.4 is 0 Å². The van der Waals surface area contributed by atoms with E-state index in [1.54, 1.807) is 0 Å². The first kappa shape index (κ1) is 20.1. The monoisotopic (exact) mass is 425 g/mol. The number of unbranched alkanes of at least 4 members (excludes halogenated alkanes) is 2. The van der Waals surface area contributed by atoms with Crippen molar-refractivity contribution in [1.29, 1.82) is 0 Å². The van der Waals surface area contributed by atoms with Gasteiger partial charge >= 0.3 is 49.9 Å². The Bertz CT molecular complexity index is 72.5. The standard InChI is InChI=1S/C5H9.C5H8.CH3.W.Y/c1-2-4-5-3-1;1-3-5-4-2;;;/h1H,2-5H2;1,3-5H2;1H3;;/q-1;-2;-1;;. The van der Waals surface area contributed by atoms with Gasteiger partial charge in [0.1, 0.15) is 0 Å². The summed E-state index contributed by atoms with van der Waals surface area (Å²) < 4.78 is 3.11. The summed E-state index contributed by atoms with van der Waals surface area (Å²) in [5.41, 5.74) is 0. The van der Waals surface area contributed by atoms with Crippen LogP contribution in [0.3, 0.4) is 0 Å². The van der Waals surface area contributed by atoms with E-state index in [1.165, 1.54) is 51.5 Å². The van der Waals surface area contributed by atoms with Crippen LogP contribution in [-0.4, -0.2) is 4.40 Å². The summed E-state index contributed by atoms with van der Waals surface area (Å²) in [5.74, 6) is 0. The van der Waals surface area contributed by atoms with Crippen LogP contribution in [0.15, 0.2) is 0 Å². The summed E-state index contributed by atoms with van der Waals surface area (Å²) in [6.07, 6.45) is 11.4. The van der Waals surface area contributed by atoms with Crippen molar-refractivity contribution in [2.24, 2.45) is 0 Å². The minimum absolute atomic E-state index is 0. The van der Waals surface area contributed by atoms with E-state index in [0.717, 1.165) is 12.8 Å². The fraction of sp³-hybridized carbons (Fsp3) is 0.636. The van der Waals surface area contributed by atoms with E-state index in [0.29, 0.717) is 0 Å². The molecule has 0 aromatic carbocycles. The first-order valence-electron chi connectivity index (χ1n) is 4.37. The Hall–Kier alpha value is 1.66. The van der Waals surface area contributed by atoms with Crippen molar-refractivity contribution >= 4 is 4.40 Å². The minimum atomic E-state index is 0. The Kier molecular flexibility index (Phi) is 29.8. The topological polar surface area (TPSA) is 0 Å². The average Bonchev–Trinajstić information content (AvgIpc) is 2.57. The normalized spacial score (nSPS) is 13.0. The molecule has 0 bridgehead atoms. The van der Waals surface area contributed by atoms with E-state index in [1.807, 2.05) is 0 Å². The summed E-state index contributed by atoms with van der Waals surface area (Å²) in [4.78, 5) is 0. The predicted molar refractivity (Wildman–Crippen MR) is 53.4 cm³/mol. The quantitative estimate of drug-likeness (QED) is 0.481. The van der Waals surface area contributed by atoms with E-state index in [9.17, 15) is 0 Å². The van der Waals surface area contributed by atoms with E-state index in [4.69, 9.17) is 0 Å². The second-order valence-electron chi connectivity index (χ2n) is 2.67. The molecule has 0 aromatic heterocycles. The van der Waals surface area contributed by atoms with Gasteiger partial charge in [0.25, 0.3) is 0 Å². The maximum Gasteiger partial charge on any atom is 0 e. The maximum absolute atomic E-state index is 3.69. The molecule has 1 aliphatic rings. The van der Waals surface area contributed by atoms with Crippen LogP contribution in [0.5, 0.6) is 0 Å². The van der Waals surface area contributed by atoms with Gasteiger partial charge in [0.05, 0.1) is 0 Å². The third-order valence-corrected chi connectivity index (χ3v) is 2.33. The summed E-state index contributed by atoms with van der Waals surface area (Å²) in [6, 6.07) is 0. The molecule has 0 unspecified atom stereocenters. The van der Waals surface area contributed by atoms with Crippen molar-refractivity contribution in [2.75, 3.05) is 0 Å². The molecule has 2 heteroatoms. The molecule has 1 saturated carbocycles. The molecule has 13 heavy (non-hydrogen) atoms. The van der Waals surface area contributed by atoms with Gasteiger partial charge in [-0.05, 0) is 0 Å². The molecule has 1 fully saturated rings. The number of hydrogen-bond donors (Lipinski definition) is 0. The Balaban J connectivity index is -0.000000134. The van der Waals surface area contributed by atoms with Gasteiger partial charge < -0.3 is 13.8 Å². The fourth-order valence-corrected chi connectivity index (χ4v) is 1.44. The van der Waals surface area contributed by atoms with Gasteiger partial charge in [-0.15, -0.1) is 0 Å². The van der Waals surface area contributed by atoms with Crippen LogP contribution in [0.4, 0.5) is 0 Å². The Morgan fingerprint density at radius 3 is 2.00 bits per heavy atom. The minimum Gasteiger partial charge on any atom is -0.358 e. The smallest absolute Gasteiger partial charge is 0 e. The second kappa shape index (κ2) is 19.3. The molecule has 1 radical (unpaired) electrons. The van der Waals surface area contributed by atoms with Crippen molar-refractivity contribution < 1.29 is 52.1 Å². The van der Waals surface area contributed by atoms with Gasteiger partial charge in [-0.3, -0.25) is 0 Å². The van der Waals surface area contributed by atoms with Crippen LogP contribution in [0.2, 0.25) is 0 Å². The molecule has 0 aliphatic heterocycles. The number of rotatable bonds is 3. The zero-order chi connectivity index (χ0) is 8.36. The Labute approximate surface area is 121 Å². The van der Waals surface area contributed by atoms with E-state index in [2.05, 4.69) is 17.7 Å². The fourth-order valence-electron chi connectivity index (χ4n) is 0.919. The SMILES string of the molecule is [CH-]1CCCC1.[CH2-]CCC[C-]=[W].[CH3-].[Y]. The molecular weight excluding hydrogens is 405 g/mol. The number of hydrogen-bond acceptors (Lipinski definition) is 0. The van der Waals surface area contributed by atoms with Crippen LogP contribution in [0, 0.1) is 20.8 Å². The molecule has 1 aliphatic carbocycles. The van der Waals surface area contributed by atoms with E-state index in [-0.39, 0.29) is 40.1 Å². The average molecular weight is 425 g/mol. The van der Waals surface area contributed by atoms with Gasteiger partial charge in [0.2, 0.25) is 0 Å². The maximum atomic E-state index is 3.69. The third-order valence-electron chi connectivity index (χ3n) is 1.60. The molecule has 0 saturated heterocycles. The van der Waals surface area contributed by atoms with Crippen molar-refractivity contribution in [3.8, 4) is 0 Å². The van der Waals surface area contributed by atoms with Gasteiger partial charge in [-0.1, -0.05) is 12.8 Å². The van der Waals surface area contributed by atoms with Crippen molar-refractivity contribution in [1.82, 2.24) is 0 Å². The van der Waals surface area contributed by atoms with Crippen LogP contribution in [-0.2, 0) is 52.1 Å². The first-order valence-corrected chi connectivity index (χ1v) is 5.84. The molecule has 0 nitrogen and oxygen atoms in total. The second-order valence-corrected chi connectivity index (χ2v) is 3.71. The van der Waals surface area contributed by atoms with Gasteiger partial charge in [0, 0.05) is 32.7 Å². The summed E-state index contributed by atoms with van der Waals surface area (Å²) in [7, 11) is 0. The molecular formula is C11H20WY-4. The largest absolute Gasteiger partial charge is 0.358 e. The molecule has 1 rings (SSSR count). The van der Waals surface area contributed by atoms with Gasteiger partial charge in [-0.2, -0.15) is 12.8 Å². The summed E-state index contributed by atoms with van der Waals surface area (Å²) in [6.45, 7) is 3.69. The molecule has 0 amide bonds. The molecule has 0 N–H and O–H groups in total. The predicted octanol–water partition coefficient (Wildman–Crippen LogP) is 3.43. The molecule has 77 valence electrons. The van der Waals surface area contributed by atoms with Crippen LogP contribution in [0.25, 0.3) is 0 Å². The molecule has 0 atom stereocenters. The van der Waals surface area contributed by atoms with Crippen molar-refractivity contribution in [2.45, 2.75) is 44.9 Å². The Morgan fingerprint density at radius 1 is 1.31 bits per heavy atom. The van der Waals surface area contributed by atoms with Crippen LogP contribution in [0.1, 0.15) is 44.9 Å². The van der Waals surface area contributed by atoms with Crippen molar-refractivity contribution in [3.63, 3.8) is 0 Å². The zero-order valence-corrected chi connectivity index (χ0v) is 14.5. The summed E-state index contributed by atoms with van der Waals surface area (Å²) in [5, 5.41) is 0. The van der Waals surface area contributed by atoms with E-state index >= 15 is 0 Å². The molecule has 0 spiro atoms. The van der Waals surface area contributed by atoms with Gasteiger partial charge in [-0.25, -0.2) is 0 Å². The third kappa shape index (κ3) is 19.9. The van der Waals surface area contributed by atoms with Gasteiger partial charge in [0.15, 0.2) is 0 Å². The first-order chi connectivity index (χ1) is 5.41. The Morgan fingerprint density at radius 2 is 1.85 bits per heavy atom. The van der Waals surface area contributed by atoms with Crippen LogP contribution >= 0.6 is 0 Å². The molecule has 0 heterocycles. The zero-order valence-electron chi connectivity index (χ0n) is 8.72. The molecule has 0 aromatic rings.